The first-order valence-corrected chi connectivity index (χ1v) is 8.59. The quantitative estimate of drug-likeness (QED) is 0.211. The Morgan fingerprint density at radius 3 is 1.04 bits per heavy atom. The van der Waals surface area contributed by atoms with Crippen molar-refractivity contribution in [1.82, 2.24) is 0 Å². The molecule has 0 unspecified atom stereocenters. The summed E-state index contributed by atoms with van der Waals surface area (Å²) in [4.78, 5) is 0. The number of alkyl halides is 6. The van der Waals surface area contributed by atoms with Crippen LogP contribution in [0.1, 0.15) is 0 Å². The second kappa shape index (κ2) is 9.14. The van der Waals surface area contributed by atoms with Crippen LogP contribution < -0.4 is 0 Å². The molecule has 0 aromatic carbocycles. The summed E-state index contributed by atoms with van der Waals surface area (Å²) in [6.07, 6.45) is 0. The molecule has 0 aliphatic heterocycles. The topological polar surface area (TPSA) is 105 Å². The Bertz CT molecular complexity index is 514. The summed E-state index contributed by atoms with van der Waals surface area (Å²) >= 11 is 0. The molecular formula is C8H12F6O8S2. The van der Waals surface area contributed by atoms with Gasteiger partial charge >= 0.3 is 31.3 Å². The molecule has 0 saturated heterocycles. The minimum Gasteiger partial charge on any atom is -0.377 e. The van der Waals surface area contributed by atoms with Gasteiger partial charge in [0.25, 0.3) is 0 Å². The molecule has 0 atom stereocenters. The zero-order valence-electron chi connectivity index (χ0n) is 11.6. The van der Waals surface area contributed by atoms with Crippen LogP contribution in [0.2, 0.25) is 0 Å². The van der Waals surface area contributed by atoms with Crippen molar-refractivity contribution in [2.45, 2.75) is 11.0 Å². The predicted molar refractivity (Wildman–Crippen MR) is 63.5 cm³/mol. The summed E-state index contributed by atoms with van der Waals surface area (Å²) in [5.41, 5.74) is -11.1. The van der Waals surface area contributed by atoms with Crippen LogP contribution in [0, 0.1) is 0 Å². The predicted octanol–water partition coefficient (Wildman–Crippen LogP) is 0.752. The highest BCUT2D eigenvalue weighted by Crippen LogP contribution is 2.25. The largest absolute Gasteiger partial charge is 0.523 e. The number of halogens is 6. The smallest absolute Gasteiger partial charge is 0.377 e. The minimum absolute atomic E-state index is 0.262. The van der Waals surface area contributed by atoms with Gasteiger partial charge in [-0.05, 0) is 0 Å². The lowest BCUT2D eigenvalue weighted by molar-refractivity contribution is -0.0574. The number of ether oxygens (including phenoxy) is 2. The molecular weight excluding hydrogens is 402 g/mol. The molecule has 16 heteroatoms. The van der Waals surface area contributed by atoms with Crippen molar-refractivity contribution in [2.24, 2.45) is 0 Å². The Kier molecular flexibility index (Phi) is 8.88. The van der Waals surface area contributed by atoms with E-state index in [0.29, 0.717) is 0 Å². The molecule has 0 fully saturated rings. The average molecular weight is 414 g/mol. The Hall–Kier alpha value is -0.680. The van der Waals surface area contributed by atoms with Crippen LogP contribution in [-0.2, 0) is 38.1 Å². The maximum absolute atomic E-state index is 11.8. The molecule has 0 saturated carbocycles. The van der Waals surface area contributed by atoms with Crippen LogP contribution in [0.4, 0.5) is 26.3 Å². The van der Waals surface area contributed by atoms with Crippen LogP contribution in [0.3, 0.4) is 0 Å². The van der Waals surface area contributed by atoms with Crippen LogP contribution in [0.5, 0.6) is 0 Å². The third-order valence-electron chi connectivity index (χ3n) is 1.87. The van der Waals surface area contributed by atoms with Gasteiger partial charge < -0.3 is 9.47 Å². The third-order valence-corrected chi connectivity index (χ3v) is 3.96. The van der Waals surface area contributed by atoms with Gasteiger partial charge in [0.15, 0.2) is 0 Å². The van der Waals surface area contributed by atoms with E-state index in [4.69, 9.17) is 0 Å². The molecule has 146 valence electrons. The van der Waals surface area contributed by atoms with Crippen molar-refractivity contribution >= 4 is 20.2 Å². The molecule has 0 bridgehead atoms. The molecule has 0 spiro atoms. The van der Waals surface area contributed by atoms with Crippen molar-refractivity contribution < 1.29 is 61.0 Å². The van der Waals surface area contributed by atoms with Gasteiger partial charge in [-0.2, -0.15) is 43.2 Å². The van der Waals surface area contributed by atoms with Crippen LogP contribution >= 0.6 is 0 Å². The number of hydrogen-bond acceptors (Lipinski definition) is 8. The Morgan fingerprint density at radius 1 is 0.542 bits per heavy atom. The van der Waals surface area contributed by atoms with Crippen LogP contribution in [0.15, 0.2) is 0 Å². The van der Waals surface area contributed by atoms with Crippen LogP contribution in [0.25, 0.3) is 0 Å². The van der Waals surface area contributed by atoms with Gasteiger partial charge in [-0.3, -0.25) is 8.37 Å². The lowest BCUT2D eigenvalue weighted by atomic mass is 10.7. The van der Waals surface area contributed by atoms with E-state index in [1.165, 1.54) is 0 Å². The third kappa shape index (κ3) is 8.43. The van der Waals surface area contributed by atoms with Crippen molar-refractivity contribution in [3.63, 3.8) is 0 Å². The van der Waals surface area contributed by atoms with Gasteiger partial charge in [0.1, 0.15) is 0 Å². The van der Waals surface area contributed by atoms with E-state index >= 15 is 0 Å². The zero-order valence-corrected chi connectivity index (χ0v) is 13.2. The van der Waals surface area contributed by atoms with Crippen molar-refractivity contribution in [2.75, 3.05) is 39.6 Å². The molecule has 0 aromatic heterocycles. The van der Waals surface area contributed by atoms with E-state index in [9.17, 15) is 43.2 Å². The lowest BCUT2D eigenvalue weighted by Crippen LogP contribution is -2.27. The molecule has 0 radical (unpaired) electrons. The number of hydrogen-bond donors (Lipinski definition) is 0. The first kappa shape index (κ1) is 23.3. The van der Waals surface area contributed by atoms with Crippen LogP contribution in [-0.4, -0.2) is 67.5 Å². The zero-order chi connectivity index (χ0) is 19.1. The van der Waals surface area contributed by atoms with Crippen molar-refractivity contribution in [3.05, 3.63) is 0 Å². The monoisotopic (exact) mass is 414 g/mol. The summed E-state index contributed by atoms with van der Waals surface area (Å²) in [5, 5.41) is 0. The van der Waals surface area contributed by atoms with Gasteiger partial charge in [0.2, 0.25) is 0 Å². The highest BCUT2D eigenvalue weighted by molar-refractivity contribution is 7.87. The van der Waals surface area contributed by atoms with Gasteiger partial charge in [-0.1, -0.05) is 0 Å². The van der Waals surface area contributed by atoms with Gasteiger partial charge in [-0.25, -0.2) is 0 Å². The second-order valence-corrected chi connectivity index (χ2v) is 6.88. The SMILES string of the molecule is O=S(=O)(OCCOCCOCCOS(=O)(=O)C(F)(F)F)C(F)(F)F. The summed E-state index contributed by atoms with van der Waals surface area (Å²) in [6.45, 7) is -3.40. The molecule has 24 heavy (non-hydrogen) atoms. The van der Waals surface area contributed by atoms with E-state index in [0.717, 1.165) is 0 Å². The molecule has 0 rings (SSSR count). The maximum Gasteiger partial charge on any atom is 0.523 e. The molecule has 0 heterocycles. The highest BCUT2D eigenvalue weighted by Gasteiger charge is 2.47. The molecule has 0 amide bonds. The van der Waals surface area contributed by atoms with E-state index in [2.05, 4.69) is 17.8 Å². The van der Waals surface area contributed by atoms with Gasteiger partial charge in [-0.15, -0.1) is 0 Å². The molecule has 0 N–H and O–H groups in total. The Balaban J connectivity index is 3.67. The van der Waals surface area contributed by atoms with Crippen molar-refractivity contribution in [3.8, 4) is 0 Å². The van der Waals surface area contributed by atoms with E-state index in [1.807, 2.05) is 0 Å². The molecule has 0 aliphatic rings. The Morgan fingerprint density at radius 2 is 0.792 bits per heavy atom. The minimum atomic E-state index is -5.71. The summed E-state index contributed by atoms with van der Waals surface area (Å²) in [7, 11) is -11.4. The first-order chi connectivity index (χ1) is 10.7. The molecule has 0 aromatic rings. The fourth-order valence-corrected chi connectivity index (χ4v) is 1.70. The summed E-state index contributed by atoms with van der Waals surface area (Å²) in [6, 6.07) is 0. The van der Waals surface area contributed by atoms with E-state index in [1.54, 1.807) is 0 Å². The Labute approximate surface area is 132 Å². The summed E-state index contributed by atoms with van der Waals surface area (Å²) in [5.74, 6) is 0. The van der Waals surface area contributed by atoms with E-state index < -0.39 is 57.7 Å². The molecule has 0 aliphatic carbocycles. The normalized spacial score (nSPS) is 14.1. The summed E-state index contributed by atoms with van der Waals surface area (Å²) < 4.78 is 129. The average Bonchev–Trinajstić information content (AvgIpc) is 2.38. The lowest BCUT2D eigenvalue weighted by Gasteiger charge is -2.09. The van der Waals surface area contributed by atoms with Gasteiger partial charge in [0, 0.05) is 0 Å². The van der Waals surface area contributed by atoms with Gasteiger partial charge in [0.05, 0.1) is 39.6 Å². The molecule has 8 nitrogen and oxygen atoms in total. The first-order valence-electron chi connectivity index (χ1n) is 5.77. The second-order valence-electron chi connectivity index (χ2n) is 3.67. The van der Waals surface area contributed by atoms with E-state index in [-0.39, 0.29) is 13.2 Å². The number of rotatable bonds is 11. The highest BCUT2D eigenvalue weighted by atomic mass is 32.2. The van der Waals surface area contributed by atoms with Crippen molar-refractivity contribution in [1.29, 1.82) is 0 Å². The fourth-order valence-electron chi connectivity index (χ4n) is 0.861. The maximum atomic E-state index is 11.8. The fraction of sp³-hybridized carbons (Fsp3) is 1.00. The standard InChI is InChI=1S/C8H12F6O8S2/c9-7(10,11)23(15,16)21-5-3-19-1-2-20-4-6-22-24(17,18)8(12,13)14/h1-6H2.